The molecule has 2 aliphatic rings. The maximum atomic E-state index is 13.6. The molecule has 0 radical (unpaired) electrons. The van der Waals surface area contributed by atoms with Crippen LogP contribution >= 0.6 is 0 Å². The first-order valence-corrected chi connectivity index (χ1v) is 13.2. The molecular weight excluding hydrogens is 534 g/mol. The van der Waals surface area contributed by atoms with Gasteiger partial charge in [0.2, 0.25) is 11.6 Å². The lowest BCUT2D eigenvalue weighted by atomic mass is 9.84. The van der Waals surface area contributed by atoms with E-state index < -0.39 is 48.0 Å². The Morgan fingerprint density at radius 1 is 1.10 bits per heavy atom. The minimum atomic E-state index is -1.32. The van der Waals surface area contributed by atoms with E-state index in [0.29, 0.717) is 12.0 Å². The monoisotopic (exact) mass is 575 g/mol. The van der Waals surface area contributed by atoms with Crippen molar-refractivity contribution >= 4 is 23.6 Å². The van der Waals surface area contributed by atoms with Crippen LogP contribution in [0, 0.1) is 11.8 Å². The number of nitrogens with two attached hydrogens (primary N) is 2. The van der Waals surface area contributed by atoms with E-state index in [2.05, 4.69) is 5.32 Å². The molecular formula is C29H41N3O9. The number of primary amides is 1. The van der Waals surface area contributed by atoms with Crippen molar-refractivity contribution in [2.24, 2.45) is 23.5 Å². The Kier molecular flexibility index (Phi) is 12.2. The van der Waals surface area contributed by atoms with E-state index in [0.717, 1.165) is 0 Å². The summed E-state index contributed by atoms with van der Waals surface area (Å²) in [5, 5.41) is 13.4. The third kappa shape index (κ3) is 8.23. The number of fused-ring (bicyclic) bond motifs is 2. The number of carbonyl (C=O) groups is 4. The van der Waals surface area contributed by atoms with Crippen LogP contribution in [0.2, 0.25) is 0 Å². The highest BCUT2D eigenvalue weighted by atomic mass is 16.6. The predicted octanol–water partition coefficient (Wildman–Crippen LogP) is 2.04. The molecule has 0 saturated heterocycles. The van der Waals surface area contributed by atoms with Crippen LogP contribution < -0.4 is 16.9 Å². The number of aliphatic hydroxyl groups is 1. The van der Waals surface area contributed by atoms with Gasteiger partial charge in [-0.3, -0.25) is 19.2 Å². The molecule has 0 spiro atoms. The summed E-state index contributed by atoms with van der Waals surface area (Å²) >= 11 is 0. The van der Waals surface area contributed by atoms with Gasteiger partial charge in [-0.25, -0.2) is 10.7 Å². The van der Waals surface area contributed by atoms with Crippen molar-refractivity contribution in [1.82, 2.24) is 5.32 Å². The third-order valence-corrected chi connectivity index (χ3v) is 7.21. The predicted molar refractivity (Wildman–Crippen MR) is 149 cm³/mol. The number of Topliss-reactive ketones (excluding diaryl/α,β-unsaturated/α-hetero) is 2. The molecule has 6 N–H and O–H groups in total. The van der Waals surface area contributed by atoms with Crippen molar-refractivity contribution in [2.45, 2.75) is 71.9 Å². The highest BCUT2D eigenvalue weighted by Gasteiger charge is 2.36. The number of amides is 2. The van der Waals surface area contributed by atoms with Gasteiger partial charge in [-0.2, -0.15) is 0 Å². The van der Waals surface area contributed by atoms with E-state index in [-0.39, 0.29) is 46.4 Å². The molecule has 2 amide bonds. The van der Waals surface area contributed by atoms with E-state index in [1.54, 1.807) is 13.0 Å². The molecule has 12 nitrogen and oxygen atoms in total. The van der Waals surface area contributed by atoms with Gasteiger partial charge in [-0.1, -0.05) is 38.2 Å². The minimum absolute atomic E-state index is 0.0504. The molecule has 0 aromatic heterocycles. The third-order valence-electron chi connectivity index (χ3n) is 7.21. The SMILES string of the molecule is COC1=C2C[C@@H](C)C[C@H](OC)[C@H](ON)[C@@H](C)/C=C(\C)[C@H](OC(N)=O)[C@@H](O)/C=C\C=C(/C)C(=O)NC(=C(C)C1=O)C2=O. The van der Waals surface area contributed by atoms with Gasteiger partial charge in [-0.05, 0) is 45.1 Å². The Morgan fingerprint density at radius 3 is 2.32 bits per heavy atom. The second-order valence-corrected chi connectivity index (χ2v) is 10.4. The number of allylic oxidation sites excluding steroid dienone is 4. The fourth-order valence-electron chi connectivity index (χ4n) is 5.00. The van der Waals surface area contributed by atoms with Crippen molar-refractivity contribution in [1.29, 1.82) is 0 Å². The Morgan fingerprint density at radius 2 is 1.76 bits per heavy atom. The maximum absolute atomic E-state index is 13.6. The van der Waals surface area contributed by atoms with Crippen molar-refractivity contribution in [3.8, 4) is 0 Å². The average molecular weight is 576 g/mol. The average Bonchev–Trinajstić information content (AvgIpc) is 2.91. The molecule has 0 saturated carbocycles. The molecule has 0 fully saturated rings. The molecule has 6 atom stereocenters. The van der Waals surface area contributed by atoms with Gasteiger partial charge < -0.3 is 30.4 Å². The Bertz CT molecular complexity index is 1200. The zero-order valence-corrected chi connectivity index (χ0v) is 24.6. The fraction of sp³-hybridized carbons (Fsp3) is 0.517. The van der Waals surface area contributed by atoms with Crippen LogP contribution in [-0.2, 0) is 33.4 Å². The Hall–Kier alpha value is -3.58. The number of aliphatic hydroxyl groups excluding tert-OH is 1. The van der Waals surface area contributed by atoms with Gasteiger partial charge in [0.05, 0.1) is 18.9 Å². The highest BCUT2D eigenvalue weighted by molar-refractivity contribution is 6.25. The number of hydrogen-bond acceptors (Lipinski definition) is 10. The molecule has 2 rings (SSSR count). The van der Waals surface area contributed by atoms with E-state index in [9.17, 15) is 24.3 Å². The molecule has 2 bridgehead atoms. The summed E-state index contributed by atoms with van der Waals surface area (Å²) in [5.41, 5.74) is 5.97. The number of ether oxygens (including phenoxy) is 3. The van der Waals surface area contributed by atoms with Crippen molar-refractivity contribution in [3.63, 3.8) is 0 Å². The summed E-state index contributed by atoms with van der Waals surface area (Å²) in [6.07, 6.45) is 1.61. The van der Waals surface area contributed by atoms with Gasteiger partial charge in [0.25, 0.3) is 5.91 Å². The van der Waals surface area contributed by atoms with Crippen LogP contribution in [0.4, 0.5) is 4.79 Å². The zero-order valence-electron chi connectivity index (χ0n) is 24.6. The number of ketones is 2. The largest absolute Gasteiger partial charge is 0.492 e. The molecule has 0 aromatic rings. The van der Waals surface area contributed by atoms with Crippen LogP contribution in [-0.4, -0.2) is 67.3 Å². The summed E-state index contributed by atoms with van der Waals surface area (Å²) in [6.45, 7) is 8.30. The van der Waals surface area contributed by atoms with Gasteiger partial charge in [0.15, 0.2) is 11.9 Å². The van der Waals surface area contributed by atoms with Crippen LogP contribution in [0.5, 0.6) is 0 Å². The Labute approximate surface area is 240 Å². The van der Waals surface area contributed by atoms with Gasteiger partial charge in [0, 0.05) is 29.7 Å². The summed E-state index contributed by atoms with van der Waals surface area (Å²) in [5.74, 6) is 3.37. The maximum Gasteiger partial charge on any atom is 0.405 e. The lowest BCUT2D eigenvalue weighted by Crippen LogP contribution is -2.40. The van der Waals surface area contributed by atoms with E-state index in [4.69, 9.17) is 30.7 Å². The van der Waals surface area contributed by atoms with Crippen LogP contribution in [0.3, 0.4) is 0 Å². The normalized spacial score (nSPS) is 32.5. The molecule has 1 aliphatic heterocycles. The highest BCUT2D eigenvalue weighted by Crippen LogP contribution is 2.31. The molecule has 0 aromatic carbocycles. The molecule has 1 heterocycles. The summed E-state index contributed by atoms with van der Waals surface area (Å²) in [4.78, 5) is 56.5. The number of methoxy groups -OCH3 is 2. The zero-order chi connectivity index (χ0) is 31.0. The van der Waals surface area contributed by atoms with Crippen molar-refractivity contribution in [3.05, 3.63) is 58.1 Å². The van der Waals surface area contributed by atoms with Crippen molar-refractivity contribution in [2.75, 3.05) is 14.2 Å². The quantitative estimate of drug-likeness (QED) is 0.219. The number of nitrogens with one attached hydrogen (secondary N) is 1. The van der Waals surface area contributed by atoms with Crippen molar-refractivity contribution < 1.29 is 43.3 Å². The molecule has 41 heavy (non-hydrogen) atoms. The fourth-order valence-corrected chi connectivity index (χ4v) is 5.00. The molecule has 0 unspecified atom stereocenters. The molecule has 1 aliphatic carbocycles. The van der Waals surface area contributed by atoms with Gasteiger partial charge in [-0.15, -0.1) is 0 Å². The van der Waals surface area contributed by atoms with Crippen LogP contribution in [0.1, 0.15) is 47.5 Å². The number of hydrogen-bond donors (Lipinski definition) is 4. The second kappa shape index (κ2) is 14.9. The standard InChI is InChI=1S/C29H41N3O9/c1-14-11-19-24(35)22(18(5)23(34)27(19)39-7)32-28(36)15(2)9-8-10-20(33)25(40-29(30)37)16(3)13-17(4)26(41-31)21(12-14)38-6/h8-10,13-14,17,20-21,25-26,33H,11-12,31H2,1-7H3,(H2,30,37)(H,32,36)/b10-8-,15-9+,16-13+/t14-,17+,20+,21+,25+,26-/m1/s1. The first-order chi connectivity index (χ1) is 19.3. The topological polar surface area (TPSA) is 190 Å². The number of rotatable bonds is 4. The Balaban J connectivity index is 2.65. The van der Waals surface area contributed by atoms with Gasteiger partial charge >= 0.3 is 6.09 Å². The van der Waals surface area contributed by atoms with Crippen LogP contribution in [0.25, 0.3) is 0 Å². The van der Waals surface area contributed by atoms with E-state index in [1.807, 2.05) is 13.8 Å². The van der Waals surface area contributed by atoms with E-state index in [1.165, 1.54) is 46.3 Å². The lowest BCUT2D eigenvalue weighted by Gasteiger charge is -2.31. The minimum Gasteiger partial charge on any atom is -0.492 e. The second-order valence-electron chi connectivity index (χ2n) is 10.4. The number of carbonyl (C=O) groups excluding carboxylic acids is 4. The summed E-state index contributed by atoms with van der Waals surface area (Å²) in [6, 6.07) is 0. The lowest BCUT2D eigenvalue weighted by molar-refractivity contribution is -0.121. The first-order valence-electron chi connectivity index (χ1n) is 13.2. The molecule has 226 valence electrons. The van der Waals surface area contributed by atoms with E-state index >= 15 is 0 Å². The first kappa shape index (κ1) is 33.6. The molecule has 12 heteroatoms. The summed E-state index contributed by atoms with van der Waals surface area (Å²) < 4.78 is 16.2. The van der Waals surface area contributed by atoms with Gasteiger partial charge in [0.1, 0.15) is 12.2 Å². The smallest absolute Gasteiger partial charge is 0.405 e. The van der Waals surface area contributed by atoms with Crippen LogP contribution in [0.15, 0.2) is 58.1 Å². The summed E-state index contributed by atoms with van der Waals surface area (Å²) in [7, 11) is 2.82.